The highest BCUT2D eigenvalue weighted by Gasteiger charge is 2.28. The zero-order valence-corrected chi connectivity index (χ0v) is 11.2. The van der Waals surface area contributed by atoms with E-state index in [2.05, 4.69) is 20.8 Å². The van der Waals surface area contributed by atoms with Crippen molar-refractivity contribution in [1.82, 2.24) is 4.90 Å². The van der Waals surface area contributed by atoms with Crippen LogP contribution in [0.2, 0.25) is 0 Å². The Bertz CT molecular complexity index is 241. The van der Waals surface area contributed by atoms with E-state index in [1.54, 1.807) is 0 Å². The first-order chi connectivity index (χ1) is 7.81. The van der Waals surface area contributed by atoms with Gasteiger partial charge < -0.3 is 9.64 Å². The molecule has 0 spiro atoms. The number of ether oxygens (including phenoxy) is 1. The van der Waals surface area contributed by atoms with Gasteiger partial charge >= 0.3 is 0 Å². The number of carbonyl (C=O) groups is 1. The summed E-state index contributed by atoms with van der Waals surface area (Å²) in [6.45, 7) is 1.77. The minimum Gasteiger partial charge on any atom is -0.378 e. The summed E-state index contributed by atoms with van der Waals surface area (Å²) in [5.41, 5.74) is 0. The van der Waals surface area contributed by atoms with Crippen LogP contribution in [-0.2, 0) is 9.53 Å². The van der Waals surface area contributed by atoms with Gasteiger partial charge in [0, 0.05) is 24.5 Å². The second-order valence-electron chi connectivity index (χ2n) is 4.73. The first kappa shape index (κ1) is 12.4. The zero-order chi connectivity index (χ0) is 11.4. The summed E-state index contributed by atoms with van der Waals surface area (Å²) in [4.78, 5) is 14.2. The molecular formula is C12H20BrNO2. The van der Waals surface area contributed by atoms with E-state index in [-0.39, 0.29) is 12.0 Å². The minimum atomic E-state index is 0.186. The third-order valence-electron chi connectivity index (χ3n) is 3.55. The van der Waals surface area contributed by atoms with Crippen molar-refractivity contribution >= 4 is 21.8 Å². The molecule has 0 bridgehead atoms. The molecule has 0 aromatic carbocycles. The number of amides is 1. The molecule has 0 saturated carbocycles. The van der Waals surface area contributed by atoms with Crippen LogP contribution in [0.3, 0.4) is 0 Å². The topological polar surface area (TPSA) is 29.5 Å². The largest absolute Gasteiger partial charge is 0.378 e. The van der Waals surface area contributed by atoms with Gasteiger partial charge in [-0.3, -0.25) is 4.79 Å². The second kappa shape index (κ2) is 6.01. The molecule has 2 saturated heterocycles. The first-order valence-corrected chi connectivity index (χ1v) is 7.40. The number of carbonyl (C=O) groups excluding carboxylic acids is 1. The predicted octanol–water partition coefficient (Wildman–Crippen LogP) is 2.33. The molecule has 2 rings (SSSR count). The molecule has 92 valence electrons. The van der Waals surface area contributed by atoms with Crippen LogP contribution >= 0.6 is 15.9 Å². The third-order valence-corrected chi connectivity index (χ3v) is 4.30. The normalized spacial score (nSPS) is 30.7. The monoisotopic (exact) mass is 289 g/mol. The predicted molar refractivity (Wildman–Crippen MR) is 66.7 cm³/mol. The van der Waals surface area contributed by atoms with Crippen LogP contribution in [0.5, 0.6) is 0 Å². The van der Waals surface area contributed by atoms with Crippen LogP contribution in [0, 0.1) is 0 Å². The second-order valence-corrected chi connectivity index (χ2v) is 5.38. The fourth-order valence-corrected chi connectivity index (χ4v) is 3.28. The van der Waals surface area contributed by atoms with Crippen molar-refractivity contribution in [3.8, 4) is 0 Å². The molecule has 1 amide bonds. The van der Waals surface area contributed by atoms with Crippen molar-refractivity contribution in [3.05, 3.63) is 0 Å². The van der Waals surface area contributed by atoms with Crippen LogP contribution in [0.4, 0.5) is 0 Å². The number of alkyl halides is 1. The van der Waals surface area contributed by atoms with Gasteiger partial charge in [-0.1, -0.05) is 15.9 Å². The van der Waals surface area contributed by atoms with Crippen molar-refractivity contribution in [2.24, 2.45) is 0 Å². The molecular weight excluding hydrogens is 270 g/mol. The van der Waals surface area contributed by atoms with Gasteiger partial charge in [-0.15, -0.1) is 0 Å². The first-order valence-electron chi connectivity index (χ1n) is 6.28. The lowest BCUT2D eigenvalue weighted by Crippen LogP contribution is -2.45. The van der Waals surface area contributed by atoms with E-state index in [0.29, 0.717) is 12.5 Å². The van der Waals surface area contributed by atoms with Gasteiger partial charge in [-0.05, 0) is 32.1 Å². The lowest BCUT2D eigenvalue weighted by molar-refractivity contribution is -0.136. The number of piperidine rings is 1. The van der Waals surface area contributed by atoms with E-state index in [9.17, 15) is 4.79 Å². The van der Waals surface area contributed by atoms with Crippen LogP contribution in [-0.4, -0.2) is 41.4 Å². The van der Waals surface area contributed by atoms with E-state index in [1.807, 2.05) is 0 Å². The average Bonchev–Trinajstić information content (AvgIpc) is 2.81. The van der Waals surface area contributed by atoms with Crippen LogP contribution in [0.25, 0.3) is 0 Å². The minimum absolute atomic E-state index is 0.186. The fourth-order valence-electron chi connectivity index (χ4n) is 2.61. The number of rotatable bonds is 3. The van der Waals surface area contributed by atoms with Crippen molar-refractivity contribution in [3.63, 3.8) is 0 Å². The maximum atomic E-state index is 12.1. The van der Waals surface area contributed by atoms with Crippen molar-refractivity contribution in [2.45, 2.75) is 50.7 Å². The molecule has 16 heavy (non-hydrogen) atoms. The summed E-state index contributed by atoms with van der Waals surface area (Å²) in [6.07, 6.45) is 6.48. The van der Waals surface area contributed by atoms with Crippen LogP contribution < -0.4 is 0 Å². The molecule has 2 aliphatic rings. The highest BCUT2D eigenvalue weighted by Crippen LogP contribution is 2.22. The Labute approximate surface area is 106 Å². The van der Waals surface area contributed by atoms with Gasteiger partial charge in [0.15, 0.2) is 0 Å². The highest BCUT2D eigenvalue weighted by atomic mass is 79.9. The summed E-state index contributed by atoms with van der Waals surface area (Å²) in [5.74, 6) is 0.288. The van der Waals surface area contributed by atoms with Gasteiger partial charge in [0.25, 0.3) is 0 Å². The van der Waals surface area contributed by atoms with Gasteiger partial charge in [0.1, 0.15) is 0 Å². The van der Waals surface area contributed by atoms with Crippen LogP contribution in [0.15, 0.2) is 0 Å². The molecule has 0 N–H and O–H groups in total. The summed E-state index contributed by atoms with van der Waals surface area (Å²) in [7, 11) is 0. The van der Waals surface area contributed by atoms with Gasteiger partial charge in [0.2, 0.25) is 5.91 Å². The molecule has 2 unspecified atom stereocenters. The SMILES string of the molecule is O=C(CC1CCCO1)N1CCCCC1CBr. The van der Waals surface area contributed by atoms with Gasteiger partial charge in [0.05, 0.1) is 12.5 Å². The van der Waals surface area contributed by atoms with E-state index in [0.717, 1.165) is 44.2 Å². The Morgan fingerprint density at radius 3 is 2.88 bits per heavy atom. The quantitative estimate of drug-likeness (QED) is 0.747. The average molecular weight is 290 g/mol. The Balaban J connectivity index is 1.86. The molecule has 0 aliphatic carbocycles. The summed E-state index contributed by atoms with van der Waals surface area (Å²) >= 11 is 3.51. The number of hydrogen-bond acceptors (Lipinski definition) is 2. The van der Waals surface area contributed by atoms with E-state index >= 15 is 0 Å². The van der Waals surface area contributed by atoms with Gasteiger partial charge in [-0.25, -0.2) is 0 Å². The molecule has 0 radical (unpaired) electrons. The molecule has 0 aromatic rings. The Morgan fingerprint density at radius 2 is 2.19 bits per heavy atom. The molecule has 2 atom stereocenters. The molecule has 2 aliphatic heterocycles. The molecule has 2 fully saturated rings. The number of hydrogen-bond donors (Lipinski definition) is 0. The standard InChI is InChI=1S/C12H20BrNO2/c13-9-10-4-1-2-6-14(10)12(15)8-11-5-3-7-16-11/h10-11H,1-9H2. The van der Waals surface area contributed by atoms with Crippen molar-refractivity contribution in [2.75, 3.05) is 18.5 Å². The third kappa shape index (κ3) is 2.98. The van der Waals surface area contributed by atoms with Crippen molar-refractivity contribution < 1.29 is 9.53 Å². The summed E-state index contributed by atoms with van der Waals surface area (Å²) in [6, 6.07) is 0.405. The van der Waals surface area contributed by atoms with Crippen molar-refractivity contribution in [1.29, 1.82) is 0 Å². The maximum absolute atomic E-state index is 12.1. The Hall–Kier alpha value is -0.0900. The summed E-state index contributed by atoms with van der Waals surface area (Å²) in [5, 5.41) is 0.907. The molecule has 3 nitrogen and oxygen atoms in total. The molecule has 4 heteroatoms. The van der Waals surface area contributed by atoms with Gasteiger partial charge in [-0.2, -0.15) is 0 Å². The van der Waals surface area contributed by atoms with E-state index in [4.69, 9.17) is 4.74 Å². The lowest BCUT2D eigenvalue weighted by atomic mass is 10.0. The van der Waals surface area contributed by atoms with E-state index in [1.165, 1.54) is 6.42 Å². The zero-order valence-electron chi connectivity index (χ0n) is 9.66. The Morgan fingerprint density at radius 1 is 1.31 bits per heavy atom. The number of nitrogens with zero attached hydrogens (tertiary/aromatic N) is 1. The van der Waals surface area contributed by atoms with E-state index < -0.39 is 0 Å². The number of likely N-dealkylation sites (tertiary alicyclic amines) is 1. The fraction of sp³-hybridized carbons (Fsp3) is 0.917. The maximum Gasteiger partial charge on any atom is 0.225 e. The molecule has 0 aromatic heterocycles. The highest BCUT2D eigenvalue weighted by molar-refractivity contribution is 9.09. The molecule has 2 heterocycles. The lowest BCUT2D eigenvalue weighted by Gasteiger charge is -2.35. The summed E-state index contributed by atoms with van der Waals surface area (Å²) < 4.78 is 5.52. The van der Waals surface area contributed by atoms with Crippen LogP contribution in [0.1, 0.15) is 38.5 Å². The number of halogens is 1. The smallest absolute Gasteiger partial charge is 0.225 e. The Kier molecular flexibility index (Phi) is 4.65.